The number of rotatable bonds is 5. The molecule has 2 heterocycles. The molecule has 1 aliphatic rings. The maximum atomic E-state index is 12.7. The molecule has 0 bridgehead atoms. The minimum Gasteiger partial charge on any atom is -0.507 e. The quantitative estimate of drug-likeness (QED) is 0.671. The summed E-state index contributed by atoms with van der Waals surface area (Å²) in [6.07, 6.45) is 4.84. The van der Waals surface area contributed by atoms with Gasteiger partial charge >= 0.3 is 0 Å². The van der Waals surface area contributed by atoms with Gasteiger partial charge in [-0.3, -0.25) is 14.7 Å². The highest BCUT2D eigenvalue weighted by Crippen LogP contribution is 2.25. The van der Waals surface area contributed by atoms with Crippen LogP contribution in [0.15, 0.2) is 24.0 Å². The predicted molar refractivity (Wildman–Crippen MR) is 87.3 cm³/mol. The lowest BCUT2D eigenvalue weighted by molar-refractivity contribution is -0.130. The normalized spacial score (nSPS) is 18.0. The molecule has 1 amide bonds. The van der Waals surface area contributed by atoms with E-state index in [0.29, 0.717) is 24.2 Å². The zero-order valence-electron chi connectivity index (χ0n) is 13.7. The second-order valence-electron chi connectivity index (χ2n) is 5.69. The van der Waals surface area contributed by atoms with Gasteiger partial charge in [0.15, 0.2) is 0 Å². The average Bonchev–Trinajstić information content (AvgIpc) is 2.53. The van der Waals surface area contributed by atoms with Gasteiger partial charge in [0.2, 0.25) is 0 Å². The Hall–Kier alpha value is -1.88. The molecular weight excluding hydrogens is 278 g/mol. The van der Waals surface area contributed by atoms with Gasteiger partial charge in [-0.2, -0.15) is 0 Å². The molecule has 0 atom stereocenters. The van der Waals surface area contributed by atoms with Crippen LogP contribution in [0.4, 0.5) is 0 Å². The van der Waals surface area contributed by atoms with Crippen molar-refractivity contribution in [3.8, 4) is 0 Å². The summed E-state index contributed by atoms with van der Waals surface area (Å²) < 4.78 is 0. The number of piperidine rings is 1. The summed E-state index contributed by atoms with van der Waals surface area (Å²) in [7, 11) is 0. The van der Waals surface area contributed by atoms with Crippen LogP contribution in [0.3, 0.4) is 0 Å². The number of hydrogen-bond acceptors (Lipinski definition) is 4. The van der Waals surface area contributed by atoms with Gasteiger partial charge in [0.05, 0.1) is 12.2 Å². The molecule has 1 N–H and O–H groups in total. The first kappa shape index (κ1) is 16.5. The lowest BCUT2D eigenvalue weighted by Gasteiger charge is -2.33. The molecule has 22 heavy (non-hydrogen) atoms. The van der Waals surface area contributed by atoms with E-state index in [1.54, 1.807) is 12.4 Å². The van der Waals surface area contributed by atoms with Crippen molar-refractivity contribution in [1.82, 2.24) is 14.8 Å². The SMILES string of the molecule is CCN(CC)CN1CCC/C(=C(\O)c2cncc(C)c2)C1=O. The summed E-state index contributed by atoms with van der Waals surface area (Å²) in [5, 5.41) is 10.5. The molecule has 1 fully saturated rings. The van der Waals surface area contributed by atoms with Gasteiger partial charge < -0.3 is 10.0 Å². The van der Waals surface area contributed by atoms with Crippen LogP contribution in [0, 0.1) is 6.92 Å². The molecule has 2 rings (SSSR count). The van der Waals surface area contributed by atoms with Gasteiger partial charge in [-0.25, -0.2) is 0 Å². The molecule has 0 radical (unpaired) electrons. The monoisotopic (exact) mass is 303 g/mol. The Morgan fingerprint density at radius 1 is 1.36 bits per heavy atom. The smallest absolute Gasteiger partial charge is 0.254 e. The van der Waals surface area contributed by atoms with Crippen molar-refractivity contribution < 1.29 is 9.90 Å². The number of aliphatic hydroxyl groups is 1. The lowest BCUT2D eigenvalue weighted by Crippen LogP contribution is -2.44. The van der Waals surface area contributed by atoms with E-state index >= 15 is 0 Å². The number of aliphatic hydroxyl groups excluding tert-OH is 1. The van der Waals surface area contributed by atoms with Gasteiger partial charge in [-0.1, -0.05) is 13.8 Å². The second kappa shape index (κ2) is 7.40. The van der Waals surface area contributed by atoms with Crippen molar-refractivity contribution >= 4 is 11.7 Å². The molecular formula is C17H25N3O2. The molecule has 5 heteroatoms. The minimum atomic E-state index is -0.0582. The van der Waals surface area contributed by atoms with Crippen molar-refractivity contribution in [3.05, 3.63) is 35.2 Å². The van der Waals surface area contributed by atoms with E-state index < -0.39 is 0 Å². The van der Waals surface area contributed by atoms with E-state index in [-0.39, 0.29) is 11.7 Å². The molecule has 1 saturated heterocycles. The van der Waals surface area contributed by atoms with Crippen molar-refractivity contribution in [1.29, 1.82) is 0 Å². The molecule has 5 nitrogen and oxygen atoms in total. The van der Waals surface area contributed by atoms with Crippen LogP contribution >= 0.6 is 0 Å². The highest BCUT2D eigenvalue weighted by Gasteiger charge is 2.27. The molecule has 0 saturated carbocycles. The maximum Gasteiger partial charge on any atom is 0.254 e. The molecule has 0 unspecified atom stereocenters. The van der Waals surface area contributed by atoms with E-state index in [1.807, 2.05) is 17.9 Å². The number of hydrogen-bond donors (Lipinski definition) is 1. The number of aromatic nitrogens is 1. The van der Waals surface area contributed by atoms with Crippen LogP contribution in [0.1, 0.15) is 37.8 Å². The third-order valence-electron chi connectivity index (χ3n) is 4.10. The van der Waals surface area contributed by atoms with E-state index in [1.165, 1.54) is 0 Å². The molecule has 0 spiro atoms. The van der Waals surface area contributed by atoms with Crippen molar-refractivity contribution in [3.63, 3.8) is 0 Å². The standard InChI is InChI=1S/C17H25N3O2/c1-4-19(5-2)12-20-8-6-7-15(17(20)22)16(21)14-9-13(3)10-18-11-14/h9-11,21H,4-8,12H2,1-3H3/b16-15+. The zero-order valence-corrected chi connectivity index (χ0v) is 13.7. The lowest BCUT2D eigenvalue weighted by atomic mass is 9.99. The Bertz CT molecular complexity index is 565. The molecule has 1 aromatic rings. The van der Waals surface area contributed by atoms with Crippen LogP contribution in [0.5, 0.6) is 0 Å². The fourth-order valence-electron chi connectivity index (χ4n) is 2.72. The van der Waals surface area contributed by atoms with Gasteiger partial charge in [0, 0.05) is 24.5 Å². The molecule has 1 aliphatic heterocycles. The third-order valence-corrected chi connectivity index (χ3v) is 4.10. The van der Waals surface area contributed by atoms with Crippen LogP contribution in [0.2, 0.25) is 0 Å². The van der Waals surface area contributed by atoms with Gasteiger partial charge in [-0.15, -0.1) is 0 Å². The fraction of sp³-hybridized carbons (Fsp3) is 0.529. The highest BCUT2D eigenvalue weighted by molar-refractivity contribution is 6.00. The minimum absolute atomic E-state index is 0.0582. The van der Waals surface area contributed by atoms with Crippen LogP contribution in [0.25, 0.3) is 5.76 Å². The highest BCUT2D eigenvalue weighted by atomic mass is 16.3. The molecule has 0 aliphatic carbocycles. The Morgan fingerprint density at radius 3 is 2.73 bits per heavy atom. The van der Waals surface area contributed by atoms with Crippen molar-refractivity contribution in [2.45, 2.75) is 33.6 Å². The Morgan fingerprint density at radius 2 is 2.09 bits per heavy atom. The number of likely N-dealkylation sites (tertiary alicyclic amines) is 1. The average molecular weight is 303 g/mol. The first-order chi connectivity index (χ1) is 10.6. The molecule has 120 valence electrons. The Balaban J connectivity index is 2.23. The van der Waals surface area contributed by atoms with E-state index in [4.69, 9.17) is 0 Å². The maximum absolute atomic E-state index is 12.7. The number of nitrogens with zero attached hydrogens (tertiary/aromatic N) is 3. The van der Waals surface area contributed by atoms with E-state index in [2.05, 4.69) is 23.7 Å². The van der Waals surface area contributed by atoms with Crippen LogP contribution in [-0.2, 0) is 4.79 Å². The number of aryl methyl sites for hydroxylation is 1. The Labute approximate surface area is 132 Å². The number of amides is 1. The van der Waals surface area contributed by atoms with Gasteiger partial charge in [0.1, 0.15) is 5.76 Å². The van der Waals surface area contributed by atoms with E-state index in [9.17, 15) is 9.90 Å². The van der Waals surface area contributed by atoms with E-state index in [0.717, 1.165) is 31.6 Å². The second-order valence-corrected chi connectivity index (χ2v) is 5.69. The number of carbonyl (C=O) groups is 1. The summed E-state index contributed by atoms with van der Waals surface area (Å²) in [5.41, 5.74) is 2.09. The first-order valence-corrected chi connectivity index (χ1v) is 7.92. The predicted octanol–water partition coefficient (Wildman–Crippen LogP) is 2.58. The largest absolute Gasteiger partial charge is 0.507 e. The summed E-state index contributed by atoms with van der Waals surface area (Å²) in [6, 6.07) is 1.85. The van der Waals surface area contributed by atoms with Crippen molar-refractivity contribution in [2.75, 3.05) is 26.3 Å². The van der Waals surface area contributed by atoms with Crippen molar-refractivity contribution in [2.24, 2.45) is 0 Å². The summed E-state index contributed by atoms with van der Waals surface area (Å²) in [6.45, 7) is 9.28. The molecule has 0 aromatic carbocycles. The first-order valence-electron chi connectivity index (χ1n) is 7.92. The molecule has 1 aromatic heterocycles. The van der Waals surface area contributed by atoms with Gasteiger partial charge in [-0.05, 0) is 44.5 Å². The summed E-state index contributed by atoms with van der Waals surface area (Å²) in [4.78, 5) is 20.8. The summed E-state index contributed by atoms with van der Waals surface area (Å²) in [5.74, 6) is 0.0163. The zero-order chi connectivity index (χ0) is 16.1. The summed E-state index contributed by atoms with van der Waals surface area (Å²) >= 11 is 0. The Kier molecular flexibility index (Phi) is 5.55. The van der Waals surface area contributed by atoms with Crippen LogP contribution < -0.4 is 0 Å². The van der Waals surface area contributed by atoms with Crippen LogP contribution in [-0.4, -0.2) is 52.1 Å². The third kappa shape index (κ3) is 3.65. The number of pyridine rings is 1. The van der Waals surface area contributed by atoms with Gasteiger partial charge in [0.25, 0.3) is 5.91 Å². The topological polar surface area (TPSA) is 56.7 Å². The fourth-order valence-corrected chi connectivity index (χ4v) is 2.72. The number of carbonyl (C=O) groups excluding carboxylic acids is 1.